The first-order valence-electron chi connectivity index (χ1n) is 15.4. The molecule has 2 amide bonds. The largest absolute Gasteiger partial charge is 0.504 e. The van der Waals surface area contributed by atoms with Crippen molar-refractivity contribution in [1.29, 1.82) is 0 Å². The third-order valence-electron chi connectivity index (χ3n) is 8.30. The van der Waals surface area contributed by atoms with Gasteiger partial charge in [-0.25, -0.2) is 0 Å². The van der Waals surface area contributed by atoms with Crippen LogP contribution in [-0.2, 0) is 16.1 Å². The van der Waals surface area contributed by atoms with Crippen molar-refractivity contribution in [1.82, 2.24) is 9.80 Å². The summed E-state index contributed by atoms with van der Waals surface area (Å²) in [5, 5.41) is 15.0. The van der Waals surface area contributed by atoms with E-state index in [1.165, 1.54) is 24.8 Å². The second-order valence-electron chi connectivity index (χ2n) is 11.5. The van der Waals surface area contributed by atoms with Gasteiger partial charge in [-0.1, -0.05) is 66.7 Å². The highest BCUT2D eigenvalue weighted by Gasteiger charge is 2.21. The van der Waals surface area contributed by atoms with Gasteiger partial charge >= 0.3 is 0 Å². The van der Waals surface area contributed by atoms with E-state index in [-0.39, 0.29) is 24.1 Å². The molecule has 4 aromatic rings. The lowest BCUT2D eigenvalue weighted by atomic mass is 9.92. The van der Waals surface area contributed by atoms with Crippen LogP contribution in [0.15, 0.2) is 97.1 Å². The van der Waals surface area contributed by atoms with Gasteiger partial charge in [0.25, 0.3) is 0 Å². The molecule has 0 aliphatic carbocycles. The average Bonchev–Trinajstić information content (AvgIpc) is 3.05. The predicted molar refractivity (Wildman–Crippen MR) is 177 cm³/mol. The maximum absolute atomic E-state index is 13.4. The summed E-state index contributed by atoms with van der Waals surface area (Å²) in [5.41, 5.74) is 2.77. The van der Waals surface area contributed by atoms with Gasteiger partial charge in [0.2, 0.25) is 11.8 Å². The number of nitrogens with zero attached hydrogens (tertiary/aromatic N) is 2. The Morgan fingerprint density at radius 2 is 1.70 bits per heavy atom. The third-order valence-corrected chi connectivity index (χ3v) is 8.30. The summed E-state index contributed by atoms with van der Waals surface area (Å²) in [6.07, 6.45) is 7.31. The predicted octanol–water partition coefficient (Wildman–Crippen LogP) is 6.73. The van der Waals surface area contributed by atoms with Crippen molar-refractivity contribution in [3.05, 3.63) is 108 Å². The summed E-state index contributed by atoms with van der Waals surface area (Å²) in [4.78, 5) is 30.6. The van der Waals surface area contributed by atoms with E-state index in [2.05, 4.69) is 40.5 Å². The van der Waals surface area contributed by atoms with Crippen molar-refractivity contribution in [3.8, 4) is 11.5 Å². The quantitative estimate of drug-likeness (QED) is 0.179. The van der Waals surface area contributed by atoms with Crippen LogP contribution in [0, 0.1) is 5.92 Å². The molecule has 1 heterocycles. The van der Waals surface area contributed by atoms with Crippen molar-refractivity contribution in [2.45, 2.75) is 32.2 Å². The van der Waals surface area contributed by atoms with E-state index in [1.54, 1.807) is 23.1 Å². The number of carbonyl (C=O) groups is 2. The molecule has 228 valence electrons. The minimum atomic E-state index is -0.234. The zero-order valence-electron chi connectivity index (χ0n) is 25.3. The van der Waals surface area contributed by atoms with Crippen LogP contribution in [0.25, 0.3) is 16.8 Å². The fraction of sp³-hybridized carbons (Fsp3) is 0.297. The van der Waals surface area contributed by atoms with E-state index >= 15 is 0 Å². The number of ether oxygens (including phenoxy) is 1. The van der Waals surface area contributed by atoms with Gasteiger partial charge in [0.1, 0.15) is 6.54 Å². The third kappa shape index (κ3) is 8.71. The number of fused-ring (bicyclic) bond motifs is 1. The van der Waals surface area contributed by atoms with Gasteiger partial charge in [0.05, 0.1) is 7.11 Å². The topological polar surface area (TPSA) is 82.1 Å². The summed E-state index contributed by atoms with van der Waals surface area (Å²) in [6, 6.07) is 29.3. The number of methoxy groups -OCH3 is 1. The minimum absolute atomic E-state index is 0.0360. The number of aromatic hydroxyl groups is 1. The van der Waals surface area contributed by atoms with E-state index in [9.17, 15) is 14.7 Å². The molecule has 7 nitrogen and oxygen atoms in total. The van der Waals surface area contributed by atoms with Gasteiger partial charge in [-0.3, -0.25) is 14.5 Å². The number of hydrogen-bond acceptors (Lipinski definition) is 5. The molecule has 2 N–H and O–H groups in total. The number of likely N-dealkylation sites (tertiary alicyclic amines) is 1. The van der Waals surface area contributed by atoms with Crippen LogP contribution in [-0.4, -0.2) is 60.0 Å². The van der Waals surface area contributed by atoms with Gasteiger partial charge in [-0.15, -0.1) is 0 Å². The average molecular weight is 592 g/mol. The van der Waals surface area contributed by atoms with Crippen LogP contribution in [0.3, 0.4) is 0 Å². The summed E-state index contributed by atoms with van der Waals surface area (Å²) in [5.74, 6) is 0.520. The molecule has 0 unspecified atom stereocenters. The fourth-order valence-electron chi connectivity index (χ4n) is 5.82. The highest BCUT2D eigenvalue weighted by Crippen LogP contribution is 2.27. The summed E-state index contributed by atoms with van der Waals surface area (Å²) < 4.78 is 5.19. The fourth-order valence-corrected chi connectivity index (χ4v) is 5.82. The van der Waals surface area contributed by atoms with Crippen LogP contribution in [0.1, 0.15) is 36.8 Å². The molecule has 0 spiro atoms. The Hall–Kier alpha value is -4.62. The molecule has 7 heteroatoms. The molecular formula is C37H41N3O4. The van der Waals surface area contributed by atoms with Crippen molar-refractivity contribution < 1.29 is 19.4 Å². The molecule has 0 atom stereocenters. The molecule has 1 fully saturated rings. The SMILES string of the molecule is COc1cc(/C=C/C(=O)N(CCCC2CCN(Cc3ccccc3)CC2)CC(=O)Nc2ccc3ccccc3c2)ccc1O. The number of carbonyl (C=O) groups excluding carboxylic acids is 2. The van der Waals surface area contributed by atoms with Crippen LogP contribution >= 0.6 is 0 Å². The highest BCUT2D eigenvalue weighted by atomic mass is 16.5. The molecule has 1 aliphatic rings. The molecule has 5 rings (SSSR count). The minimum Gasteiger partial charge on any atom is -0.504 e. The molecule has 44 heavy (non-hydrogen) atoms. The second kappa shape index (κ2) is 15.2. The Morgan fingerprint density at radius 3 is 2.48 bits per heavy atom. The monoisotopic (exact) mass is 591 g/mol. The standard InChI is InChI=1S/C37H41N3O4/c1-44-35-24-29(13-17-34(35)41)14-18-37(43)40(27-36(42)38-33-16-15-31-11-5-6-12-32(31)25-33)21-7-10-28-19-22-39(23-20-28)26-30-8-3-2-4-9-30/h2-6,8-9,11-18,24-25,28,41H,7,10,19-23,26-27H2,1H3,(H,38,42)/b18-14+. The normalized spacial score (nSPS) is 14.1. The van der Waals surface area contributed by atoms with Crippen molar-refractivity contribution in [2.24, 2.45) is 5.92 Å². The summed E-state index contributed by atoms with van der Waals surface area (Å²) in [6.45, 7) is 3.60. The maximum atomic E-state index is 13.4. The zero-order valence-corrected chi connectivity index (χ0v) is 25.3. The van der Waals surface area contributed by atoms with Crippen LogP contribution in [0.5, 0.6) is 11.5 Å². The van der Waals surface area contributed by atoms with Crippen LogP contribution in [0.4, 0.5) is 5.69 Å². The molecule has 0 aromatic heterocycles. The Bertz CT molecular complexity index is 1580. The van der Waals surface area contributed by atoms with Crippen LogP contribution in [0.2, 0.25) is 0 Å². The van der Waals surface area contributed by atoms with E-state index in [4.69, 9.17) is 4.74 Å². The number of phenolic OH excluding ortho intramolecular Hbond substituents is 1. The number of rotatable bonds is 12. The van der Waals surface area contributed by atoms with Gasteiger partial charge < -0.3 is 20.1 Å². The van der Waals surface area contributed by atoms with Crippen molar-refractivity contribution >= 4 is 34.4 Å². The number of piperidine rings is 1. The molecular weight excluding hydrogens is 550 g/mol. The van der Waals surface area contributed by atoms with Gasteiger partial charge in [0.15, 0.2) is 11.5 Å². The number of amides is 2. The Balaban J connectivity index is 1.18. The Kier molecular flexibility index (Phi) is 10.7. The van der Waals surface area contributed by atoms with Gasteiger partial charge in [0, 0.05) is 24.9 Å². The van der Waals surface area contributed by atoms with Crippen molar-refractivity contribution in [2.75, 3.05) is 38.6 Å². The van der Waals surface area contributed by atoms with Crippen LogP contribution < -0.4 is 10.1 Å². The first kappa shape index (κ1) is 30.8. The number of benzene rings is 4. The molecule has 0 saturated carbocycles. The molecule has 0 bridgehead atoms. The zero-order chi connectivity index (χ0) is 30.7. The number of phenols is 1. The molecule has 4 aromatic carbocycles. The second-order valence-corrected chi connectivity index (χ2v) is 11.5. The molecule has 1 saturated heterocycles. The van der Waals surface area contributed by atoms with Crippen molar-refractivity contribution in [3.63, 3.8) is 0 Å². The number of nitrogens with one attached hydrogen (secondary N) is 1. The lowest BCUT2D eigenvalue weighted by Crippen LogP contribution is -2.38. The van der Waals surface area contributed by atoms with Gasteiger partial charge in [-0.05, 0) is 96.9 Å². The number of hydrogen-bond donors (Lipinski definition) is 2. The van der Waals surface area contributed by atoms with E-state index in [0.717, 1.165) is 61.7 Å². The lowest BCUT2D eigenvalue weighted by molar-refractivity contribution is -0.130. The van der Waals surface area contributed by atoms with E-state index in [1.807, 2.05) is 42.5 Å². The van der Waals surface area contributed by atoms with E-state index in [0.29, 0.717) is 23.9 Å². The first-order valence-corrected chi connectivity index (χ1v) is 15.4. The number of anilines is 1. The van der Waals surface area contributed by atoms with E-state index < -0.39 is 0 Å². The Labute approximate surface area is 259 Å². The lowest BCUT2D eigenvalue weighted by Gasteiger charge is -2.32. The first-order chi connectivity index (χ1) is 21.5. The Morgan fingerprint density at radius 1 is 0.955 bits per heavy atom. The molecule has 1 aliphatic heterocycles. The smallest absolute Gasteiger partial charge is 0.247 e. The van der Waals surface area contributed by atoms with Gasteiger partial charge in [-0.2, -0.15) is 0 Å². The molecule has 0 radical (unpaired) electrons. The maximum Gasteiger partial charge on any atom is 0.247 e. The highest BCUT2D eigenvalue weighted by molar-refractivity contribution is 5.99. The summed E-state index contributed by atoms with van der Waals surface area (Å²) in [7, 11) is 1.48. The summed E-state index contributed by atoms with van der Waals surface area (Å²) >= 11 is 0.